The van der Waals surface area contributed by atoms with Crippen molar-refractivity contribution in [1.82, 2.24) is 4.57 Å². The summed E-state index contributed by atoms with van der Waals surface area (Å²) in [4.78, 5) is 23.8. The summed E-state index contributed by atoms with van der Waals surface area (Å²) >= 11 is 0. The molecule has 1 N–H and O–H groups in total. The fourth-order valence-corrected chi connectivity index (χ4v) is 2.41. The fourth-order valence-electron chi connectivity index (χ4n) is 2.41. The van der Waals surface area contributed by atoms with Gasteiger partial charge in [0.05, 0.1) is 12.8 Å². The predicted molar refractivity (Wildman–Crippen MR) is 84.7 cm³/mol. The van der Waals surface area contributed by atoms with Gasteiger partial charge in [-0.3, -0.25) is 4.79 Å². The first kappa shape index (κ1) is 15.8. The Bertz CT molecular complexity index is 749. The summed E-state index contributed by atoms with van der Waals surface area (Å²) in [6.07, 6.45) is 0.713. The summed E-state index contributed by atoms with van der Waals surface area (Å²) in [6.45, 7) is 3.85. The zero-order valence-electron chi connectivity index (χ0n) is 12.9. The van der Waals surface area contributed by atoms with E-state index in [1.54, 1.807) is 13.2 Å². The second-order valence-electron chi connectivity index (χ2n) is 5.07. The lowest BCUT2D eigenvalue weighted by Gasteiger charge is -2.20. The number of hydrogen-bond acceptors (Lipinski definition) is 3. The normalized spacial score (nSPS) is 12.0. The van der Waals surface area contributed by atoms with Crippen LogP contribution in [0.5, 0.6) is 5.75 Å². The smallest absolute Gasteiger partial charge is 0.341 e. The topological polar surface area (TPSA) is 68.5 Å². The number of carboxylic acids is 1. The Morgan fingerprint density at radius 2 is 1.95 bits per heavy atom. The highest BCUT2D eigenvalue weighted by Crippen LogP contribution is 2.30. The number of benzene rings is 1. The molecule has 5 heteroatoms. The van der Waals surface area contributed by atoms with Crippen LogP contribution in [0.1, 0.15) is 36.7 Å². The first-order chi connectivity index (χ1) is 10.5. The zero-order chi connectivity index (χ0) is 16.3. The van der Waals surface area contributed by atoms with Gasteiger partial charge in [0.2, 0.25) is 0 Å². The van der Waals surface area contributed by atoms with Crippen LogP contribution in [0.4, 0.5) is 0 Å². The minimum Gasteiger partial charge on any atom is -0.496 e. The number of aromatic carboxylic acids is 1. The molecule has 0 fully saturated rings. The van der Waals surface area contributed by atoms with E-state index in [2.05, 4.69) is 0 Å². The van der Waals surface area contributed by atoms with Gasteiger partial charge >= 0.3 is 5.97 Å². The number of ether oxygens (including phenoxy) is 1. The zero-order valence-corrected chi connectivity index (χ0v) is 12.9. The third-order valence-corrected chi connectivity index (χ3v) is 3.76. The molecule has 0 aliphatic rings. The molecule has 0 bridgehead atoms. The maximum absolute atomic E-state index is 12.5. The number of pyridine rings is 1. The number of para-hydroxylation sites is 1. The molecule has 0 radical (unpaired) electrons. The lowest BCUT2D eigenvalue weighted by Crippen LogP contribution is -2.29. The van der Waals surface area contributed by atoms with Crippen LogP contribution in [0.3, 0.4) is 0 Å². The number of carbonyl (C=O) groups is 1. The summed E-state index contributed by atoms with van der Waals surface area (Å²) in [5, 5.41) is 9.17. The molecule has 1 atom stereocenters. The van der Waals surface area contributed by atoms with Gasteiger partial charge in [0.25, 0.3) is 5.56 Å². The molecule has 0 saturated carbocycles. The van der Waals surface area contributed by atoms with Crippen LogP contribution in [-0.4, -0.2) is 22.8 Å². The van der Waals surface area contributed by atoms with Gasteiger partial charge in [0, 0.05) is 11.6 Å². The second-order valence-corrected chi connectivity index (χ2v) is 5.07. The Kier molecular flexibility index (Phi) is 4.65. The molecule has 0 aliphatic heterocycles. The van der Waals surface area contributed by atoms with Crippen LogP contribution < -0.4 is 10.3 Å². The van der Waals surface area contributed by atoms with Crippen molar-refractivity contribution in [2.75, 3.05) is 7.11 Å². The van der Waals surface area contributed by atoms with Crippen LogP contribution in [0, 0.1) is 0 Å². The predicted octanol–water partition coefficient (Wildman–Crippen LogP) is 3.19. The molecule has 0 amide bonds. The molecule has 0 saturated heterocycles. The Balaban J connectivity index is 2.79. The molecule has 1 heterocycles. The molecule has 22 heavy (non-hydrogen) atoms. The number of rotatable bonds is 5. The van der Waals surface area contributed by atoms with Crippen molar-refractivity contribution < 1.29 is 14.6 Å². The van der Waals surface area contributed by atoms with E-state index in [0.717, 1.165) is 5.56 Å². The Morgan fingerprint density at radius 3 is 2.55 bits per heavy atom. The van der Waals surface area contributed by atoms with Gasteiger partial charge in [-0.1, -0.05) is 19.1 Å². The van der Waals surface area contributed by atoms with Crippen LogP contribution >= 0.6 is 0 Å². The molecule has 116 valence electrons. The molecule has 1 unspecified atom stereocenters. The molecular weight excluding hydrogens is 282 g/mol. The van der Waals surface area contributed by atoms with Gasteiger partial charge in [0.1, 0.15) is 11.3 Å². The van der Waals surface area contributed by atoms with Crippen molar-refractivity contribution in [3.63, 3.8) is 0 Å². The monoisotopic (exact) mass is 301 g/mol. The Morgan fingerprint density at radius 1 is 1.27 bits per heavy atom. The minimum atomic E-state index is -1.21. The molecule has 5 nitrogen and oxygen atoms in total. The van der Waals surface area contributed by atoms with E-state index in [4.69, 9.17) is 9.84 Å². The highest BCUT2D eigenvalue weighted by atomic mass is 16.5. The summed E-state index contributed by atoms with van der Waals surface area (Å²) in [7, 11) is 1.57. The largest absolute Gasteiger partial charge is 0.496 e. The quantitative estimate of drug-likeness (QED) is 0.921. The van der Waals surface area contributed by atoms with Gasteiger partial charge in [-0.2, -0.15) is 0 Å². The Hall–Kier alpha value is -2.56. The number of aromatic nitrogens is 1. The standard InChI is InChI=1S/C17H19NO4/c1-4-11(2)18-14(10-9-13(16(18)19)17(20)21)12-7-5-6-8-15(12)22-3/h5-11H,4H2,1-3H3,(H,20,21). The summed E-state index contributed by atoms with van der Waals surface area (Å²) in [6, 6.07) is 10.3. The van der Waals surface area contributed by atoms with E-state index >= 15 is 0 Å². The number of methoxy groups -OCH3 is 1. The molecule has 2 rings (SSSR count). The van der Waals surface area contributed by atoms with Crippen LogP contribution in [-0.2, 0) is 0 Å². The number of hydrogen-bond donors (Lipinski definition) is 1. The molecular formula is C17H19NO4. The molecule has 0 spiro atoms. The molecule has 2 aromatic rings. The van der Waals surface area contributed by atoms with E-state index in [-0.39, 0.29) is 11.6 Å². The number of nitrogens with zero attached hydrogens (tertiary/aromatic N) is 1. The van der Waals surface area contributed by atoms with E-state index in [9.17, 15) is 9.59 Å². The SMILES string of the molecule is CCC(C)n1c(-c2ccccc2OC)ccc(C(=O)O)c1=O. The van der Waals surface area contributed by atoms with Crippen molar-refractivity contribution in [1.29, 1.82) is 0 Å². The van der Waals surface area contributed by atoms with Crippen LogP contribution in [0.15, 0.2) is 41.2 Å². The minimum absolute atomic E-state index is 0.119. The third-order valence-electron chi connectivity index (χ3n) is 3.76. The first-order valence-electron chi connectivity index (χ1n) is 7.13. The van der Waals surface area contributed by atoms with Gasteiger partial charge in [-0.25, -0.2) is 4.79 Å². The van der Waals surface area contributed by atoms with Gasteiger partial charge < -0.3 is 14.4 Å². The second kappa shape index (κ2) is 6.47. The lowest BCUT2D eigenvalue weighted by molar-refractivity contribution is 0.0694. The summed E-state index contributed by atoms with van der Waals surface area (Å²) in [5.41, 5.74) is 0.699. The van der Waals surface area contributed by atoms with E-state index in [0.29, 0.717) is 17.9 Å². The highest BCUT2D eigenvalue weighted by Gasteiger charge is 2.19. The molecule has 1 aromatic carbocycles. The summed E-state index contributed by atoms with van der Waals surface area (Å²) in [5.74, 6) is -0.573. The Labute approximate surface area is 128 Å². The average molecular weight is 301 g/mol. The maximum atomic E-state index is 12.5. The summed E-state index contributed by atoms with van der Waals surface area (Å²) < 4.78 is 6.88. The first-order valence-corrected chi connectivity index (χ1v) is 7.13. The van der Waals surface area contributed by atoms with Crippen molar-refractivity contribution in [2.45, 2.75) is 26.3 Å². The van der Waals surface area contributed by atoms with Crippen LogP contribution in [0.25, 0.3) is 11.3 Å². The van der Waals surface area contributed by atoms with Gasteiger partial charge in [-0.05, 0) is 37.6 Å². The van der Waals surface area contributed by atoms with Gasteiger partial charge in [0.15, 0.2) is 0 Å². The fraction of sp³-hybridized carbons (Fsp3) is 0.294. The molecule has 1 aromatic heterocycles. The van der Waals surface area contributed by atoms with E-state index in [1.807, 2.05) is 38.1 Å². The van der Waals surface area contributed by atoms with Crippen molar-refractivity contribution in [3.8, 4) is 17.0 Å². The van der Waals surface area contributed by atoms with Gasteiger partial charge in [-0.15, -0.1) is 0 Å². The molecule has 0 aliphatic carbocycles. The lowest BCUT2D eigenvalue weighted by atomic mass is 10.1. The van der Waals surface area contributed by atoms with Crippen molar-refractivity contribution >= 4 is 5.97 Å². The van der Waals surface area contributed by atoms with Crippen molar-refractivity contribution in [2.24, 2.45) is 0 Å². The number of carboxylic acid groups (broad SMARTS) is 1. The third kappa shape index (κ3) is 2.74. The average Bonchev–Trinajstić information content (AvgIpc) is 2.53. The van der Waals surface area contributed by atoms with E-state index in [1.165, 1.54) is 10.6 Å². The maximum Gasteiger partial charge on any atom is 0.341 e. The van der Waals surface area contributed by atoms with Crippen molar-refractivity contribution in [3.05, 3.63) is 52.3 Å². The van der Waals surface area contributed by atoms with Crippen LogP contribution in [0.2, 0.25) is 0 Å². The highest BCUT2D eigenvalue weighted by molar-refractivity contribution is 5.87. The van der Waals surface area contributed by atoms with E-state index < -0.39 is 11.5 Å².